The monoisotopic (exact) mass is 476 g/mol. The van der Waals surface area contributed by atoms with Crippen LogP contribution in [0, 0.1) is 5.41 Å². The Kier molecular flexibility index (Phi) is 5.58. The molecule has 1 unspecified atom stereocenters. The summed E-state index contributed by atoms with van der Waals surface area (Å²) in [4.78, 5) is 40.7. The van der Waals surface area contributed by atoms with Crippen LogP contribution in [0.25, 0.3) is 0 Å². The van der Waals surface area contributed by atoms with Crippen molar-refractivity contribution in [2.24, 2.45) is 5.41 Å². The highest BCUT2D eigenvalue weighted by Gasteiger charge is 2.71. The van der Waals surface area contributed by atoms with Crippen LogP contribution in [0.1, 0.15) is 42.8 Å². The molecule has 4 rings (SSSR count). The Morgan fingerprint density at radius 2 is 1.85 bits per heavy atom. The molecule has 1 aromatic heterocycles. The van der Waals surface area contributed by atoms with E-state index in [1.807, 2.05) is 5.32 Å². The maximum atomic E-state index is 14.8. The molecule has 7 nitrogen and oxygen atoms in total. The molecule has 0 saturated heterocycles. The first-order valence-corrected chi connectivity index (χ1v) is 10.5. The van der Waals surface area contributed by atoms with Gasteiger partial charge >= 0.3 is 6.18 Å². The molecular formula is C24H23F3N2O5. The number of allylic oxidation sites excluding steroid dienone is 1. The molecule has 0 bridgehead atoms. The Bertz CT molecular complexity index is 1180. The maximum absolute atomic E-state index is 14.8. The summed E-state index contributed by atoms with van der Waals surface area (Å²) < 4.78 is 54.8. The highest BCUT2D eigenvalue weighted by atomic mass is 19.4. The van der Waals surface area contributed by atoms with Crippen LogP contribution in [0.4, 0.5) is 13.2 Å². The van der Waals surface area contributed by atoms with Crippen LogP contribution in [-0.4, -0.2) is 41.3 Å². The highest BCUT2D eigenvalue weighted by molar-refractivity contribution is 6.14. The molecule has 180 valence electrons. The number of carbonyl (C=O) groups excluding carboxylic acids is 3. The summed E-state index contributed by atoms with van der Waals surface area (Å²) in [5, 5.41) is 1.90. The number of hydrogen-bond donors (Lipinski definition) is 1. The minimum Gasteiger partial charge on any atom is -0.496 e. The van der Waals surface area contributed by atoms with E-state index in [0.29, 0.717) is 0 Å². The number of benzene rings is 1. The molecular weight excluding hydrogens is 453 g/mol. The van der Waals surface area contributed by atoms with Gasteiger partial charge in [0.1, 0.15) is 11.5 Å². The fourth-order valence-electron chi connectivity index (χ4n) is 4.62. The van der Waals surface area contributed by atoms with Crippen LogP contribution in [0.2, 0.25) is 0 Å². The minimum atomic E-state index is -5.29. The zero-order valence-corrected chi connectivity index (χ0v) is 18.8. The Balaban J connectivity index is 1.88. The van der Waals surface area contributed by atoms with Gasteiger partial charge < -0.3 is 19.4 Å². The SMILES string of the molecule is COc1ccccc1C(=O)NC1(C(F)(F)F)C(=O)N(Cc2ccco2)C2=C1C(=O)CC(C)(C)C2. The molecule has 1 aliphatic heterocycles. The zero-order chi connectivity index (χ0) is 24.9. The smallest absolute Gasteiger partial charge is 0.425 e. The molecule has 10 heteroatoms. The van der Waals surface area contributed by atoms with Crippen LogP contribution in [0.3, 0.4) is 0 Å². The van der Waals surface area contributed by atoms with Gasteiger partial charge in [0, 0.05) is 12.1 Å². The van der Waals surface area contributed by atoms with Gasteiger partial charge in [-0.25, -0.2) is 0 Å². The van der Waals surface area contributed by atoms with Gasteiger partial charge in [0.2, 0.25) is 5.54 Å². The van der Waals surface area contributed by atoms with Gasteiger partial charge in [-0.15, -0.1) is 0 Å². The van der Waals surface area contributed by atoms with Crippen molar-refractivity contribution in [1.29, 1.82) is 0 Å². The predicted octanol–water partition coefficient (Wildman–Crippen LogP) is 4.00. The Morgan fingerprint density at radius 1 is 1.15 bits per heavy atom. The van der Waals surface area contributed by atoms with Gasteiger partial charge in [-0.3, -0.25) is 14.4 Å². The summed E-state index contributed by atoms with van der Waals surface area (Å²) >= 11 is 0. The van der Waals surface area contributed by atoms with Crippen molar-refractivity contribution >= 4 is 17.6 Å². The fraction of sp³-hybridized carbons (Fsp3) is 0.375. The lowest BCUT2D eigenvalue weighted by atomic mass is 9.72. The lowest BCUT2D eigenvalue weighted by molar-refractivity contribution is -0.191. The molecule has 0 radical (unpaired) electrons. The van der Waals surface area contributed by atoms with E-state index in [-0.39, 0.29) is 42.2 Å². The number of methoxy groups -OCH3 is 1. The molecule has 0 saturated carbocycles. The topological polar surface area (TPSA) is 88.8 Å². The second-order valence-corrected chi connectivity index (χ2v) is 9.14. The van der Waals surface area contributed by atoms with Crippen molar-refractivity contribution in [3.63, 3.8) is 0 Å². The third-order valence-corrected chi connectivity index (χ3v) is 6.09. The van der Waals surface area contributed by atoms with Crippen LogP contribution >= 0.6 is 0 Å². The Hall–Kier alpha value is -3.56. The normalized spacial score (nSPS) is 22.1. The fourth-order valence-corrected chi connectivity index (χ4v) is 4.62. The van der Waals surface area contributed by atoms with Gasteiger partial charge in [-0.1, -0.05) is 26.0 Å². The second-order valence-electron chi connectivity index (χ2n) is 9.14. The number of alkyl halides is 3. The number of rotatable bonds is 5. The van der Waals surface area contributed by atoms with E-state index in [1.54, 1.807) is 26.0 Å². The molecule has 2 aromatic rings. The zero-order valence-electron chi connectivity index (χ0n) is 18.8. The van der Waals surface area contributed by atoms with E-state index in [0.717, 1.165) is 4.90 Å². The Labute approximate surface area is 193 Å². The molecule has 2 aliphatic rings. The number of amides is 2. The molecule has 1 atom stereocenters. The van der Waals surface area contributed by atoms with Gasteiger partial charge in [-0.05, 0) is 36.1 Å². The van der Waals surface area contributed by atoms with Crippen molar-refractivity contribution in [2.45, 2.75) is 44.9 Å². The molecule has 0 spiro atoms. The van der Waals surface area contributed by atoms with Crippen LogP contribution < -0.4 is 10.1 Å². The quantitative estimate of drug-likeness (QED) is 0.705. The van der Waals surface area contributed by atoms with Crippen molar-refractivity contribution in [3.05, 3.63) is 65.3 Å². The average molecular weight is 476 g/mol. The number of nitrogens with one attached hydrogen (secondary N) is 1. The van der Waals surface area contributed by atoms with E-state index in [1.165, 1.54) is 37.6 Å². The van der Waals surface area contributed by atoms with Crippen molar-refractivity contribution in [2.75, 3.05) is 7.11 Å². The first-order valence-electron chi connectivity index (χ1n) is 10.5. The molecule has 1 aliphatic carbocycles. The first-order chi connectivity index (χ1) is 15.9. The average Bonchev–Trinajstić information content (AvgIpc) is 3.34. The van der Waals surface area contributed by atoms with Gasteiger partial charge in [0.05, 0.1) is 31.1 Å². The van der Waals surface area contributed by atoms with E-state index in [2.05, 4.69) is 0 Å². The van der Waals surface area contributed by atoms with Gasteiger partial charge in [0.15, 0.2) is 5.78 Å². The largest absolute Gasteiger partial charge is 0.496 e. The van der Waals surface area contributed by atoms with Gasteiger partial charge in [0.25, 0.3) is 11.8 Å². The van der Waals surface area contributed by atoms with Crippen molar-refractivity contribution < 1.29 is 36.7 Å². The lowest BCUT2D eigenvalue weighted by Gasteiger charge is -2.35. The van der Waals surface area contributed by atoms with Gasteiger partial charge in [-0.2, -0.15) is 13.2 Å². The third-order valence-electron chi connectivity index (χ3n) is 6.09. The number of nitrogens with zero attached hydrogens (tertiary/aromatic N) is 1. The summed E-state index contributed by atoms with van der Waals surface area (Å²) in [7, 11) is 1.27. The number of Topliss-reactive ketones (excluding diaryl/α,β-unsaturated/α-hetero) is 1. The van der Waals surface area contributed by atoms with E-state index in [9.17, 15) is 27.6 Å². The summed E-state index contributed by atoms with van der Waals surface area (Å²) in [6.45, 7) is 3.17. The maximum Gasteiger partial charge on any atom is 0.425 e. The number of halogens is 3. The summed E-state index contributed by atoms with van der Waals surface area (Å²) in [6, 6.07) is 8.75. The number of ether oxygens (including phenoxy) is 1. The number of ketones is 1. The number of carbonyl (C=O) groups is 3. The van der Waals surface area contributed by atoms with E-state index in [4.69, 9.17) is 9.15 Å². The first kappa shape index (κ1) is 23.6. The molecule has 1 aromatic carbocycles. The van der Waals surface area contributed by atoms with E-state index < -0.39 is 40.3 Å². The standard InChI is InChI=1S/C24H23F3N2O5/c1-22(2)11-16-19(17(30)12-22)23(24(25,26)27,21(32)29(16)13-14-7-6-10-34-14)28-20(31)15-8-4-5-9-18(15)33-3/h4-10H,11-13H2,1-3H3,(H,28,31). The molecule has 34 heavy (non-hydrogen) atoms. The molecule has 2 amide bonds. The summed E-state index contributed by atoms with van der Waals surface area (Å²) in [5.74, 6) is -3.20. The predicted molar refractivity (Wildman–Crippen MR) is 114 cm³/mol. The summed E-state index contributed by atoms with van der Waals surface area (Å²) in [5.41, 5.74) is -5.19. The lowest BCUT2D eigenvalue weighted by Crippen LogP contribution is -2.66. The Morgan fingerprint density at radius 3 is 2.47 bits per heavy atom. The minimum absolute atomic E-state index is 0.0283. The number of para-hydroxylation sites is 1. The van der Waals surface area contributed by atoms with E-state index >= 15 is 0 Å². The third kappa shape index (κ3) is 3.66. The number of hydrogen-bond acceptors (Lipinski definition) is 5. The molecule has 0 fully saturated rings. The van der Waals surface area contributed by atoms with Crippen molar-refractivity contribution in [3.8, 4) is 5.75 Å². The second kappa shape index (κ2) is 8.03. The molecule has 2 heterocycles. The van der Waals surface area contributed by atoms with Crippen LogP contribution in [-0.2, 0) is 16.1 Å². The van der Waals surface area contributed by atoms with Crippen molar-refractivity contribution in [1.82, 2.24) is 10.2 Å². The van der Waals surface area contributed by atoms with Crippen LogP contribution in [0.5, 0.6) is 5.75 Å². The highest BCUT2D eigenvalue weighted by Crippen LogP contribution is 2.52. The molecule has 1 N–H and O–H groups in total. The van der Waals surface area contributed by atoms with Crippen LogP contribution in [0.15, 0.2) is 58.3 Å². The number of furan rings is 1. The summed E-state index contributed by atoms with van der Waals surface area (Å²) in [6.07, 6.45) is -4.11.